The number of ether oxygens (including phenoxy) is 1. The number of amides is 1. The SMILES string of the molecule is CCOc1ccc(NC(=O)CSc2nnc(-c3ccccc3)o2)cc1. The zero-order chi connectivity index (χ0) is 17.5. The van der Waals surface area contributed by atoms with E-state index in [0.29, 0.717) is 23.4 Å². The summed E-state index contributed by atoms with van der Waals surface area (Å²) in [4.78, 5) is 12.0. The Labute approximate surface area is 149 Å². The molecule has 6 nitrogen and oxygen atoms in total. The molecule has 2 aromatic carbocycles. The van der Waals surface area contributed by atoms with Gasteiger partial charge < -0.3 is 14.5 Å². The van der Waals surface area contributed by atoms with Crippen LogP contribution in [-0.4, -0.2) is 28.5 Å². The monoisotopic (exact) mass is 355 g/mol. The molecular weight excluding hydrogens is 338 g/mol. The van der Waals surface area contributed by atoms with Crippen LogP contribution in [-0.2, 0) is 4.79 Å². The van der Waals surface area contributed by atoms with Crippen molar-refractivity contribution in [3.05, 3.63) is 54.6 Å². The van der Waals surface area contributed by atoms with Gasteiger partial charge in [-0.15, -0.1) is 10.2 Å². The molecule has 1 N–H and O–H groups in total. The fourth-order valence-corrected chi connectivity index (χ4v) is 2.65. The van der Waals surface area contributed by atoms with Gasteiger partial charge in [-0.2, -0.15) is 0 Å². The number of anilines is 1. The van der Waals surface area contributed by atoms with Crippen molar-refractivity contribution in [3.63, 3.8) is 0 Å². The Bertz CT molecular complexity index is 819. The molecule has 0 unspecified atom stereocenters. The summed E-state index contributed by atoms with van der Waals surface area (Å²) >= 11 is 1.20. The van der Waals surface area contributed by atoms with Crippen molar-refractivity contribution in [3.8, 4) is 17.2 Å². The summed E-state index contributed by atoms with van der Waals surface area (Å²) in [6.07, 6.45) is 0. The molecule has 0 radical (unpaired) electrons. The van der Waals surface area contributed by atoms with Gasteiger partial charge in [0.1, 0.15) is 5.75 Å². The lowest BCUT2D eigenvalue weighted by Gasteiger charge is -2.06. The van der Waals surface area contributed by atoms with Gasteiger partial charge in [0.05, 0.1) is 12.4 Å². The zero-order valence-corrected chi connectivity index (χ0v) is 14.5. The number of carbonyl (C=O) groups excluding carboxylic acids is 1. The van der Waals surface area contributed by atoms with Crippen LogP contribution in [0.1, 0.15) is 6.92 Å². The third-order valence-electron chi connectivity index (χ3n) is 3.20. The maximum Gasteiger partial charge on any atom is 0.277 e. The zero-order valence-electron chi connectivity index (χ0n) is 13.6. The highest BCUT2D eigenvalue weighted by Crippen LogP contribution is 2.23. The first-order valence-electron chi connectivity index (χ1n) is 7.79. The van der Waals surface area contributed by atoms with Gasteiger partial charge in [-0.05, 0) is 43.3 Å². The van der Waals surface area contributed by atoms with Crippen LogP contribution in [0.15, 0.2) is 64.2 Å². The second-order valence-electron chi connectivity index (χ2n) is 5.03. The number of hydrogen-bond donors (Lipinski definition) is 1. The molecule has 128 valence electrons. The van der Waals surface area contributed by atoms with E-state index in [0.717, 1.165) is 11.3 Å². The maximum atomic E-state index is 12.0. The lowest BCUT2D eigenvalue weighted by molar-refractivity contribution is -0.113. The summed E-state index contributed by atoms with van der Waals surface area (Å²) < 4.78 is 10.9. The largest absolute Gasteiger partial charge is 0.494 e. The fourth-order valence-electron chi connectivity index (χ4n) is 2.09. The molecule has 0 aliphatic carbocycles. The molecule has 0 saturated carbocycles. The minimum atomic E-state index is -0.145. The van der Waals surface area contributed by atoms with Crippen molar-refractivity contribution in [2.24, 2.45) is 0 Å². The van der Waals surface area contributed by atoms with E-state index in [1.807, 2.05) is 49.4 Å². The van der Waals surface area contributed by atoms with Gasteiger partial charge in [0.2, 0.25) is 11.8 Å². The molecule has 7 heteroatoms. The van der Waals surface area contributed by atoms with Crippen LogP contribution in [0.2, 0.25) is 0 Å². The highest BCUT2D eigenvalue weighted by atomic mass is 32.2. The predicted molar refractivity (Wildman–Crippen MR) is 96.7 cm³/mol. The van der Waals surface area contributed by atoms with E-state index in [1.165, 1.54) is 11.8 Å². The Hall–Kier alpha value is -2.80. The lowest BCUT2D eigenvalue weighted by atomic mass is 10.2. The summed E-state index contributed by atoms with van der Waals surface area (Å²) in [7, 11) is 0. The second kappa shape index (κ2) is 8.34. The third kappa shape index (κ3) is 4.84. The first kappa shape index (κ1) is 17.0. The molecule has 3 aromatic rings. The average Bonchev–Trinajstić information content (AvgIpc) is 3.12. The maximum absolute atomic E-state index is 12.0. The van der Waals surface area contributed by atoms with Crippen molar-refractivity contribution >= 4 is 23.4 Å². The Balaban J connectivity index is 1.51. The number of benzene rings is 2. The minimum absolute atomic E-state index is 0.145. The molecule has 25 heavy (non-hydrogen) atoms. The van der Waals surface area contributed by atoms with E-state index in [-0.39, 0.29) is 11.7 Å². The van der Waals surface area contributed by atoms with Crippen LogP contribution in [0, 0.1) is 0 Å². The summed E-state index contributed by atoms with van der Waals surface area (Å²) in [6.45, 7) is 2.53. The predicted octanol–water partition coefficient (Wildman–Crippen LogP) is 3.87. The highest BCUT2D eigenvalue weighted by molar-refractivity contribution is 7.99. The van der Waals surface area contributed by atoms with Crippen LogP contribution in [0.5, 0.6) is 5.75 Å². The van der Waals surface area contributed by atoms with Crippen LogP contribution < -0.4 is 10.1 Å². The van der Waals surface area contributed by atoms with Crippen molar-refractivity contribution in [1.29, 1.82) is 0 Å². The molecule has 0 bridgehead atoms. The van der Waals surface area contributed by atoms with Gasteiger partial charge in [0, 0.05) is 11.3 Å². The number of aromatic nitrogens is 2. The lowest BCUT2D eigenvalue weighted by Crippen LogP contribution is -2.13. The quantitative estimate of drug-likeness (QED) is 0.648. The Morgan fingerprint density at radius 2 is 1.88 bits per heavy atom. The smallest absolute Gasteiger partial charge is 0.277 e. The van der Waals surface area contributed by atoms with Crippen molar-refractivity contribution < 1.29 is 13.9 Å². The molecule has 0 fully saturated rings. The van der Waals surface area contributed by atoms with Crippen molar-refractivity contribution in [1.82, 2.24) is 10.2 Å². The average molecular weight is 355 g/mol. The van der Waals surface area contributed by atoms with E-state index >= 15 is 0 Å². The molecule has 0 aliphatic rings. The fraction of sp³-hybridized carbons (Fsp3) is 0.167. The van der Waals surface area contributed by atoms with Gasteiger partial charge >= 0.3 is 0 Å². The van der Waals surface area contributed by atoms with Crippen LogP contribution in [0.25, 0.3) is 11.5 Å². The molecule has 1 heterocycles. The Morgan fingerprint density at radius 3 is 2.60 bits per heavy atom. The van der Waals surface area contributed by atoms with Gasteiger partial charge in [-0.25, -0.2) is 0 Å². The highest BCUT2D eigenvalue weighted by Gasteiger charge is 2.11. The third-order valence-corrected chi connectivity index (χ3v) is 4.02. The standard InChI is InChI=1S/C18H17N3O3S/c1-2-23-15-10-8-14(9-11-15)19-16(22)12-25-18-21-20-17(24-18)13-6-4-3-5-7-13/h3-11H,2,12H2,1H3,(H,19,22). The Morgan fingerprint density at radius 1 is 1.12 bits per heavy atom. The Kier molecular flexibility index (Phi) is 5.69. The number of carbonyl (C=O) groups is 1. The molecule has 0 aliphatic heterocycles. The summed E-state index contributed by atoms with van der Waals surface area (Å²) in [6, 6.07) is 16.7. The van der Waals surface area contributed by atoms with E-state index in [1.54, 1.807) is 12.1 Å². The summed E-state index contributed by atoms with van der Waals surface area (Å²) in [5.41, 5.74) is 1.56. The van der Waals surface area contributed by atoms with Gasteiger partial charge in [-0.1, -0.05) is 30.0 Å². The van der Waals surface area contributed by atoms with Crippen molar-refractivity contribution in [2.75, 3.05) is 17.7 Å². The second-order valence-corrected chi connectivity index (χ2v) is 5.96. The first-order chi connectivity index (χ1) is 12.2. The molecule has 0 saturated heterocycles. The van der Waals surface area contributed by atoms with E-state index < -0.39 is 0 Å². The van der Waals surface area contributed by atoms with E-state index in [9.17, 15) is 4.79 Å². The van der Waals surface area contributed by atoms with Crippen LogP contribution >= 0.6 is 11.8 Å². The van der Waals surface area contributed by atoms with E-state index in [2.05, 4.69) is 15.5 Å². The molecular formula is C18H17N3O3S. The van der Waals surface area contributed by atoms with Crippen LogP contribution in [0.4, 0.5) is 5.69 Å². The van der Waals surface area contributed by atoms with Crippen molar-refractivity contribution in [2.45, 2.75) is 12.1 Å². The summed E-state index contributed by atoms with van der Waals surface area (Å²) in [5.74, 6) is 1.25. The number of hydrogen-bond acceptors (Lipinski definition) is 6. The van der Waals surface area contributed by atoms with E-state index in [4.69, 9.17) is 9.15 Å². The molecule has 1 aromatic heterocycles. The number of nitrogens with zero attached hydrogens (tertiary/aromatic N) is 2. The number of rotatable bonds is 7. The first-order valence-corrected chi connectivity index (χ1v) is 8.77. The van der Waals surface area contributed by atoms with Gasteiger partial charge in [0.25, 0.3) is 5.22 Å². The van der Waals surface area contributed by atoms with Gasteiger partial charge in [0.15, 0.2) is 0 Å². The molecule has 3 rings (SSSR count). The molecule has 0 spiro atoms. The number of thioether (sulfide) groups is 1. The molecule has 0 atom stereocenters. The minimum Gasteiger partial charge on any atom is -0.494 e. The van der Waals surface area contributed by atoms with Gasteiger partial charge in [-0.3, -0.25) is 4.79 Å². The topological polar surface area (TPSA) is 77.2 Å². The van der Waals surface area contributed by atoms with Crippen LogP contribution in [0.3, 0.4) is 0 Å². The summed E-state index contributed by atoms with van der Waals surface area (Å²) in [5, 5.41) is 11.1. The normalized spacial score (nSPS) is 10.4. The number of nitrogens with one attached hydrogen (secondary N) is 1. The molecule has 1 amide bonds.